The van der Waals surface area contributed by atoms with Crippen LogP contribution in [-0.4, -0.2) is 37.8 Å². The van der Waals surface area contributed by atoms with Crippen LogP contribution in [0.3, 0.4) is 0 Å². The van der Waals surface area contributed by atoms with Crippen LogP contribution in [0.1, 0.15) is 38.5 Å². The van der Waals surface area contributed by atoms with E-state index in [1.807, 2.05) is 0 Å². The molecule has 25 heavy (non-hydrogen) atoms. The molecule has 1 aliphatic heterocycles. The first kappa shape index (κ1) is 17.0. The normalized spacial score (nSPS) is 32.6. The first-order valence-electron chi connectivity index (χ1n) is 9.39. The molecule has 2 bridgehead atoms. The van der Waals surface area contributed by atoms with Gasteiger partial charge < -0.3 is 5.32 Å². The van der Waals surface area contributed by atoms with Gasteiger partial charge in [0.25, 0.3) is 0 Å². The predicted molar refractivity (Wildman–Crippen MR) is 95.3 cm³/mol. The molecule has 1 amide bonds. The maximum atomic E-state index is 12.8. The van der Waals surface area contributed by atoms with Gasteiger partial charge in [0, 0.05) is 19.1 Å². The molecule has 2 aliphatic carbocycles. The van der Waals surface area contributed by atoms with Crippen molar-refractivity contribution in [1.82, 2.24) is 9.62 Å². The minimum absolute atomic E-state index is 0.0468. The van der Waals surface area contributed by atoms with Crippen LogP contribution in [0, 0.1) is 17.8 Å². The van der Waals surface area contributed by atoms with Gasteiger partial charge in [0.2, 0.25) is 15.9 Å². The third-order valence-corrected chi connectivity index (χ3v) is 8.08. The van der Waals surface area contributed by atoms with Gasteiger partial charge in [-0.1, -0.05) is 24.6 Å². The molecule has 0 radical (unpaired) electrons. The molecule has 3 aliphatic rings. The Kier molecular flexibility index (Phi) is 4.58. The van der Waals surface area contributed by atoms with Gasteiger partial charge in [0.05, 0.1) is 10.8 Å². The molecule has 4 rings (SSSR count). The molecule has 4 atom stereocenters. The van der Waals surface area contributed by atoms with Crippen LogP contribution in [0.2, 0.25) is 0 Å². The zero-order valence-electron chi connectivity index (χ0n) is 14.4. The second-order valence-corrected chi connectivity index (χ2v) is 9.74. The van der Waals surface area contributed by atoms with Crippen LogP contribution in [0.15, 0.2) is 35.2 Å². The van der Waals surface area contributed by atoms with Gasteiger partial charge in [-0.05, 0) is 56.1 Å². The van der Waals surface area contributed by atoms with E-state index in [1.54, 1.807) is 30.3 Å². The van der Waals surface area contributed by atoms with Crippen LogP contribution in [0.5, 0.6) is 0 Å². The summed E-state index contributed by atoms with van der Waals surface area (Å²) in [5.74, 6) is 1.25. The quantitative estimate of drug-likeness (QED) is 0.894. The first-order chi connectivity index (χ1) is 12.0. The molecule has 1 N–H and O–H groups in total. The van der Waals surface area contributed by atoms with Crippen molar-refractivity contribution < 1.29 is 13.2 Å². The molecule has 0 spiro atoms. The summed E-state index contributed by atoms with van der Waals surface area (Å²) in [5, 5.41) is 3.23. The van der Waals surface area contributed by atoms with Gasteiger partial charge in [-0.25, -0.2) is 8.42 Å². The van der Waals surface area contributed by atoms with E-state index in [0.717, 1.165) is 25.2 Å². The second kappa shape index (κ2) is 6.72. The van der Waals surface area contributed by atoms with E-state index in [2.05, 4.69) is 5.32 Å². The fourth-order valence-electron chi connectivity index (χ4n) is 4.84. The molecule has 1 aromatic rings. The van der Waals surface area contributed by atoms with E-state index < -0.39 is 10.0 Å². The number of piperidine rings is 1. The van der Waals surface area contributed by atoms with E-state index in [0.29, 0.717) is 29.9 Å². The van der Waals surface area contributed by atoms with Crippen LogP contribution < -0.4 is 5.32 Å². The Morgan fingerprint density at radius 1 is 1.08 bits per heavy atom. The topological polar surface area (TPSA) is 66.5 Å². The number of hydrogen-bond acceptors (Lipinski definition) is 3. The number of nitrogens with one attached hydrogen (secondary N) is 1. The second-order valence-electron chi connectivity index (χ2n) is 7.81. The maximum Gasteiger partial charge on any atom is 0.243 e. The number of nitrogens with zero attached hydrogens (tertiary/aromatic N) is 1. The van der Waals surface area contributed by atoms with Crippen LogP contribution in [0.25, 0.3) is 0 Å². The fourth-order valence-corrected chi connectivity index (χ4v) is 6.38. The maximum absolute atomic E-state index is 12.8. The largest absolute Gasteiger partial charge is 0.353 e. The Labute approximate surface area is 149 Å². The zero-order valence-corrected chi connectivity index (χ0v) is 15.2. The lowest BCUT2D eigenvalue weighted by atomic mass is 9.93. The van der Waals surface area contributed by atoms with Gasteiger partial charge in [0.1, 0.15) is 0 Å². The van der Waals surface area contributed by atoms with Gasteiger partial charge in [-0.3, -0.25) is 4.79 Å². The Bertz CT molecular complexity index is 734. The van der Waals surface area contributed by atoms with Crippen molar-refractivity contribution in [1.29, 1.82) is 0 Å². The molecule has 0 aromatic heterocycles. The number of rotatable bonds is 4. The number of fused-ring (bicyclic) bond motifs is 2. The smallest absolute Gasteiger partial charge is 0.243 e. The van der Waals surface area contributed by atoms with E-state index >= 15 is 0 Å². The Morgan fingerprint density at radius 2 is 1.88 bits per heavy atom. The number of carbonyl (C=O) groups excluding carboxylic acids is 1. The zero-order chi connectivity index (χ0) is 17.4. The molecule has 5 nitrogen and oxygen atoms in total. The lowest BCUT2D eigenvalue weighted by molar-refractivity contribution is -0.127. The third-order valence-electron chi connectivity index (χ3n) is 6.20. The van der Waals surface area contributed by atoms with Crippen LogP contribution in [0.4, 0.5) is 0 Å². The summed E-state index contributed by atoms with van der Waals surface area (Å²) < 4.78 is 27.1. The summed E-state index contributed by atoms with van der Waals surface area (Å²) in [4.78, 5) is 13.0. The predicted octanol–water partition coefficient (Wildman–Crippen LogP) is 2.39. The van der Waals surface area contributed by atoms with E-state index in [4.69, 9.17) is 0 Å². The lowest BCUT2D eigenvalue weighted by Crippen LogP contribution is -2.48. The molecule has 6 heteroatoms. The van der Waals surface area contributed by atoms with E-state index in [9.17, 15) is 13.2 Å². The van der Waals surface area contributed by atoms with Crippen LogP contribution >= 0.6 is 0 Å². The number of benzene rings is 1. The van der Waals surface area contributed by atoms with Crippen LogP contribution in [-0.2, 0) is 14.8 Å². The molecule has 3 fully saturated rings. The summed E-state index contributed by atoms with van der Waals surface area (Å²) in [7, 11) is -3.51. The van der Waals surface area contributed by atoms with E-state index in [1.165, 1.54) is 23.6 Å². The number of hydrogen-bond donors (Lipinski definition) is 1. The minimum atomic E-state index is -3.51. The number of carbonyl (C=O) groups is 1. The first-order valence-corrected chi connectivity index (χ1v) is 10.8. The summed E-state index contributed by atoms with van der Waals surface area (Å²) in [6.45, 7) is 0.791. The SMILES string of the molecule is O=C(N[C@H]1C[C@H]2CC[C@H]1C2)[C@@H]1CCCN(S(=O)(=O)c2ccccc2)C1. The molecule has 1 heterocycles. The molecular formula is C19H26N2O3S. The summed E-state index contributed by atoms with van der Waals surface area (Å²) in [6, 6.07) is 8.82. The molecular weight excluding hydrogens is 336 g/mol. The summed E-state index contributed by atoms with van der Waals surface area (Å²) in [5.41, 5.74) is 0. The molecule has 1 aromatic carbocycles. The Hall–Kier alpha value is -1.40. The van der Waals surface area contributed by atoms with Crippen molar-refractivity contribution >= 4 is 15.9 Å². The van der Waals surface area contributed by atoms with Gasteiger partial charge in [0.15, 0.2) is 0 Å². The highest BCUT2D eigenvalue weighted by Crippen LogP contribution is 2.44. The highest BCUT2D eigenvalue weighted by Gasteiger charge is 2.41. The van der Waals surface area contributed by atoms with Gasteiger partial charge >= 0.3 is 0 Å². The van der Waals surface area contributed by atoms with Crippen molar-refractivity contribution in [3.63, 3.8) is 0 Å². The molecule has 136 valence electrons. The molecule has 0 unspecified atom stereocenters. The standard InChI is InChI=1S/C19H26N2O3S/c22-19(20-18-12-14-8-9-15(18)11-14)16-5-4-10-21(13-16)25(23,24)17-6-2-1-3-7-17/h1-3,6-7,14-16,18H,4-5,8-13H2,(H,20,22)/t14-,15-,16+,18-/m0/s1. The highest BCUT2D eigenvalue weighted by atomic mass is 32.2. The van der Waals surface area contributed by atoms with Gasteiger partial charge in [-0.2, -0.15) is 4.31 Å². The monoisotopic (exact) mass is 362 g/mol. The van der Waals surface area contributed by atoms with Crippen molar-refractivity contribution in [2.24, 2.45) is 17.8 Å². The number of amides is 1. The summed E-state index contributed by atoms with van der Waals surface area (Å²) in [6.07, 6.45) is 6.41. The fraction of sp³-hybridized carbons (Fsp3) is 0.632. The van der Waals surface area contributed by atoms with Crippen molar-refractivity contribution in [2.45, 2.75) is 49.5 Å². The Balaban J connectivity index is 1.41. The summed E-state index contributed by atoms with van der Waals surface area (Å²) >= 11 is 0. The third kappa shape index (κ3) is 3.34. The highest BCUT2D eigenvalue weighted by molar-refractivity contribution is 7.89. The minimum Gasteiger partial charge on any atom is -0.353 e. The lowest BCUT2D eigenvalue weighted by Gasteiger charge is -2.32. The molecule has 2 saturated carbocycles. The number of sulfonamides is 1. The Morgan fingerprint density at radius 3 is 2.56 bits per heavy atom. The molecule has 1 saturated heterocycles. The van der Waals surface area contributed by atoms with Crippen molar-refractivity contribution in [3.8, 4) is 0 Å². The van der Waals surface area contributed by atoms with Crippen molar-refractivity contribution in [3.05, 3.63) is 30.3 Å². The van der Waals surface area contributed by atoms with E-state index in [-0.39, 0.29) is 11.8 Å². The van der Waals surface area contributed by atoms with Gasteiger partial charge in [-0.15, -0.1) is 0 Å². The average Bonchev–Trinajstić information content (AvgIpc) is 3.25. The average molecular weight is 362 g/mol. The van der Waals surface area contributed by atoms with Crippen molar-refractivity contribution in [2.75, 3.05) is 13.1 Å².